The number of amides is 1. The number of benzene rings is 2. The maximum Gasteiger partial charge on any atom is 0.241 e. The normalized spacial score (nSPS) is 16.8. The lowest BCUT2D eigenvalue weighted by Crippen LogP contribution is -2.47. The molecule has 136 valence electrons. The molecule has 1 saturated heterocycles. The topological polar surface area (TPSA) is 49.4 Å². The van der Waals surface area contributed by atoms with Crippen molar-refractivity contribution in [2.75, 3.05) is 18.4 Å². The third-order valence-electron chi connectivity index (χ3n) is 4.98. The van der Waals surface area contributed by atoms with Crippen molar-refractivity contribution in [2.45, 2.75) is 25.8 Å². The van der Waals surface area contributed by atoms with Crippen LogP contribution in [-0.2, 0) is 4.79 Å². The molecule has 26 heavy (non-hydrogen) atoms. The van der Waals surface area contributed by atoms with Gasteiger partial charge >= 0.3 is 0 Å². The van der Waals surface area contributed by atoms with E-state index < -0.39 is 0 Å². The summed E-state index contributed by atoms with van der Waals surface area (Å²) >= 11 is 3.41. The van der Waals surface area contributed by atoms with Gasteiger partial charge in [-0.05, 0) is 51.1 Å². The average Bonchev–Trinajstić information content (AvgIpc) is 2.67. The molecule has 1 atom stereocenters. The number of nitrogens with zero attached hydrogens (tertiary/aromatic N) is 1. The predicted molar refractivity (Wildman–Crippen MR) is 107 cm³/mol. The molecular weight excluding hydrogens is 392 g/mol. The molecule has 2 aromatic carbocycles. The lowest BCUT2D eigenvalue weighted by molar-refractivity contribution is -0.121. The Bertz CT molecular complexity index is 771. The highest BCUT2D eigenvalue weighted by Crippen LogP contribution is 2.23. The van der Waals surface area contributed by atoms with Gasteiger partial charge < -0.3 is 5.32 Å². The second-order valence-corrected chi connectivity index (χ2v) is 7.63. The molecule has 1 N–H and O–H groups in total. The standard InChI is InChI=1S/C21H23BrN2O2/c1-15(21(26)23-19-9-5-8-18(22)14-19)24-12-10-17(11-13-24)20(25)16-6-3-2-4-7-16/h2-9,14-15,17H,10-13H2,1H3,(H,23,26). The van der Waals surface area contributed by atoms with Crippen LogP contribution >= 0.6 is 15.9 Å². The van der Waals surface area contributed by atoms with Crippen LogP contribution in [0.15, 0.2) is 59.1 Å². The lowest BCUT2D eigenvalue weighted by atomic mass is 9.88. The van der Waals surface area contributed by atoms with Gasteiger partial charge in [0.05, 0.1) is 6.04 Å². The van der Waals surface area contributed by atoms with Gasteiger partial charge in [0.2, 0.25) is 5.91 Å². The SMILES string of the molecule is CC(C(=O)Nc1cccc(Br)c1)N1CCC(C(=O)c2ccccc2)CC1. The van der Waals surface area contributed by atoms with Crippen molar-refractivity contribution in [1.82, 2.24) is 4.90 Å². The number of halogens is 1. The van der Waals surface area contributed by atoms with Crippen LogP contribution in [0.5, 0.6) is 0 Å². The molecule has 3 rings (SSSR count). The largest absolute Gasteiger partial charge is 0.325 e. The van der Waals surface area contributed by atoms with Crippen LogP contribution in [0.4, 0.5) is 5.69 Å². The highest BCUT2D eigenvalue weighted by atomic mass is 79.9. The number of hydrogen-bond acceptors (Lipinski definition) is 3. The first kappa shape index (κ1) is 18.8. The number of rotatable bonds is 5. The van der Waals surface area contributed by atoms with Crippen LogP contribution in [0.1, 0.15) is 30.1 Å². The number of anilines is 1. The third kappa shape index (κ3) is 4.59. The molecule has 1 heterocycles. The van der Waals surface area contributed by atoms with Crippen molar-refractivity contribution in [1.29, 1.82) is 0 Å². The van der Waals surface area contributed by atoms with Crippen LogP contribution in [0.3, 0.4) is 0 Å². The molecule has 0 radical (unpaired) electrons. The van der Waals surface area contributed by atoms with Gasteiger partial charge in [-0.25, -0.2) is 0 Å². The number of carbonyl (C=O) groups is 2. The third-order valence-corrected chi connectivity index (χ3v) is 5.47. The first-order valence-corrected chi connectivity index (χ1v) is 9.73. The molecule has 1 fully saturated rings. The summed E-state index contributed by atoms with van der Waals surface area (Å²) in [5, 5.41) is 2.96. The number of piperidine rings is 1. The van der Waals surface area contributed by atoms with Gasteiger partial charge in [-0.15, -0.1) is 0 Å². The average molecular weight is 415 g/mol. The van der Waals surface area contributed by atoms with Crippen molar-refractivity contribution in [3.8, 4) is 0 Å². The van der Waals surface area contributed by atoms with Gasteiger partial charge in [-0.2, -0.15) is 0 Å². The van der Waals surface area contributed by atoms with E-state index in [0.717, 1.165) is 41.7 Å². The zero-order valence-corrected chi connectivity index (χ0v) is 16.4. The maximum absolute atomic E-state index is 12.6. The Hall–Kier alpha value is -1.98. The van der Waals surface area contributed by atoms with Crippen LogP contribution in [0, 0.1) is 5.92 Å². The minimum Gasteiger partial charge on any atom is -0.325 e. The van der Waals surface area contributed by atoms with E-state index in [0.29, 0.717) is 0 Å². The molecule has 5 heteroatoms. The Kier molecular flexibility index (Phi) is 6.22. The summed E-state index contributed by atoms with van der Waals surface area (Å²) in [6, 6.07) is 16.8. The van der Waals surface area contributed by atoms with Gasteiger partial charge in [-0.1, -0.05) is 52.3 Å². The fourth-order valence-electron chi connectivity index (χ4n) is 3.37. The Labute approximate surface area is 162 Å². The van der Waals surface area contributed by atoms with E-state index in [2.05, 4.69) is 26.1 Å². The zero-order chi connectivity index (χ0) is 18.5. The minimum atomic E-state index is -0.221. The molecule has 0 bridgehead atoms. The van der Waals surface area contributed by atoms with E-state index in [1.165, 1.54) is 0 Å². The van der Waals surface area contributed by atoms with Crippen molar-refractivity contribution in [3.63, 3.8) is 0 Å². The molecule has 4 nitrogen and oxygen atoms in total. The monoisotopic (exact) mass is 414 g/mol. The molecule has 1 aliphatic rings. The Morgan fingerprint density at radius 1 is 1.08 bits per heavy atom. The summed E-state index contributed by atoms with van der Waals surface area (Å²) < 4.78 is 0.934. The summed E-state index contributed by atoms with van der Waals surface area (Å²) in [5.41, 5.74) is 1.57. The minimum absolute atomic E-state index is 0.0177. The molecule has 1 aliphatic heterocycles. The van der Waals surface area contributed by atoms with Crippen molar-refractivity contribution in [3.05, 3.63) is 64.6 Å². The first-order chi connectivity index (χ1) is 12.5. The van der Waals surface area contributed by atoms with Gasteiger partial charge in [0, 0.05) is 21.6 Å². The van der Waals surface area contributed by atoms with Crippen molar-refractivity contribution in [2.24, 2.45) is 5.92 Å². The highest BCUT2D eigenvalue weighted by Gasteiger charge is 2.30. The van der Waals surface area contributed by atoms with E-state index in [9.17, 15) is 9.59 Å². The summed E-state index contributed by atoms with van der Waals surface area (Å²) in [5.74, 6) is 0.251. The molecule has 1 amide bonds. The van der Waals surface area contributed by atoms with Gasteiger partial charge in [0.1, 0.15) is 0 Å². The quantitative estimate of drug-likeness (QED) is 0.738. The Morgan fingerprint density at radius 2 is 1.77 bits per heavy atom. The van der Waals surface area contributed by atoms with E-state index in [1.54, 1.807) is 0 Å². The number of hydrogen-bond donors (Lipinski definition) is 1. The fourth-order valence-corrected chi connectivity index (χ4v) is 3.77. The number of likely N-dealkylation sites (tertiary alicyclic amines) is 1. The van der Waals surface area contributed by atoms with Crippen LogP contribution in [0.2, 0.25) is 0 Å². The molecule has 0 spiro atoms. The van der Waals surface area contributed by atoms with Crippen LogP contribution in [-0.4, -0.2) is 35.7 Å². The number of carbonyl (C=O) groups excluding carboxylic acids is 2. The summed E-state index contributed by atoms with van der Waals surface area (Å²) in [6.45, 7) is 3.44. The Balaban J connectivity index is 1.54. The molecular formula is C21H23BrN2O2. The summed E-state index contributed by atoms with van der Waals surface area (Å²) in [4.78, 5) is 27.3. The Morgan fingerprint density at radius 3 is 2.42 bits per heavy atom. The van der Waals surface area contributed by atoms with E-state index >= 15 is 0 Å². The van der Waals surface area contributed by atoms with Gasteiger partial charge in [-0.3, -0.25) is 14.5 Å². The smallest absolute Gasteiger partial charge is 0.241 e. The number of ketones is 1. The summed E-state index contributed by atoms with van der Waals surface area (Å²) in [6.07, 6.45) is 1.59. The first-order valence-electron chi connectivity index (χ1n) is 8.94. The summed E-state index contributed by atoms with van der Waals surface area (Å²) in [7, 11) is 0. The molecule has 2 aromatic rings. The van der Waals surface area contributed by atoms with Gasteiger partial charge in [0.15, 0.2) is 5.78 Å². The highest BCUT2D eigenvalue weighted by molar-refractivity contribution is 9.10. The zero-order valence-electron chi connectivity index (χ0n) is 14.8. The molecule has 0 aliphatic carbocycles. The fraction of sp³-hybridized carbons (Fsp3) is 0.333. The van der Waals surface area contributed by atoms with Crippen molar-refractivity contribution >= 4 is 33.3 Å². The molecule has 0 saturated carbocycles. The molecule has 1 unspecified atom stereocenters. The van der Waals surface area contributed by atoms with E-state index in [-0.39, 0.29) is 23.7 Å². The predicted octanol–water partition coefficient (Wildman–Crippen LogP) is 4.37. The van der Waals surface area contributed by atoms with E-state index in [1.807, 2.05) is 61.5 Å². The second kappa shape index (κ2) is 8.60. The molecule has 0 aromatic heterocycles. The van der Waals surface area contributed by atoms with Crippen LogP contribution in [0.25, 0.3) is 0 Å². The maximum atomic E-state index is 12.6. The van der Waals surface area contributed by atoms with Crippen LogP contribution < -0.4 is 5.32 Å². The number of Topliss-reactive ketones (excluding diaryl/α,β-unsaturated/α-hetero) is 1. The second-order valence-electron chi connectivity index (χ2n) is 6.72. The van der Waals surface area contributed by atoms with Crippen molar-refractivity contribution < 1.29 is 9.59 Å². The van der Waals surface area contributed by atoms with E-state index in [4.69, 9.17) is 0 Å². The number of nitrogens with one attached hydrogen (secondary N) is 1. The van der Waals surface area contributed by atoms with Gasteiger partial charge in [0.25, 0.3) is 0 Å². The lowest BCUT2D eigenvalue weighted by Gasteiger charge is -2.34.